The van der Waals surface area contributed by atoms with E-state index < -0.39 is 4.92 Å². The molecule has 1 N–H and O–H groups in total. The van der Waals surface area contributed by atoms with Gasteiger partial charge in [-0.1, -0.05) is 23.5 Å². The van der Waals surface area contributed by atoms with Gasteiger partial charge in [0, 0.05) is 23.5 Å². The van der Waals surface area contributed by atoms with Gasteiger partial charge in [-0.25, -0.2) is 4.39 Å². The Morgan fingerprint density at radius 2 is 2.21 bits per heavy atom. The molecule has 1 heterocycles. The molecule has 0 aliphatic rings. The third-order valence-electron chi connectivity index (χ3n) is 2.76. The van der Waals surface area contributed by atoms with Crippen LogP contribution < -0.4 is 5.32 Å². The Balaban J connectivity index is 1.96. The van der Waals surface area contributed by atoms with E-state index in [2.05, 4.69) is 5.32 Å². The monoisotopic (exact) mass is 280 g/mol. The van der Waals surface area contributed by atoms with Crippen LogP contribution in [0.4, 0.5) is 9.39 Å². The van der Waals surface area contributed by atoms with Crippen LogP contribution in [0.5, 0.6) is 0 Å². The minimum Gasteiger partial charge on any atom is -0.305 e. The molecule has 2 rings (SSSR count). The maximum Gasteiger partial charge on any atom is 0.324 e. The van der Waals surface area contributed by atoms with E-state index in [1.165, 1.54) is 18.2 Å². The van der Waals surface area contributed by atoms with Crippen molar-refractivity contribution in [3.8, 4) is 0 Å². The van der Waals surface area contributed by atoms with Crippen molar-refractivity contribution in [2.24, 2.45) is 0 Å². The average Bonchev–Trinajstić information content (AvgIpc) is 2.85. The highest BCUT2D eigenvalue weighted by molar-refractivity contribution is 7.15. The topological polar surface area (TPSA) is 55.2 Å². The van der Waals surface area contributed by atoms with Crippen molar-refractivity contribution >= 4 is 16.3 Å². The molecule has 0 aliphatic heterocycles. The van der Waals surface area contributed by atoms with Gasteiger partial charge in [0.1, 0.15) is 5.82 Å². The molecule has 1 aromatic carbocycles. The number of nitro groups is 1. The molecule has 0 unspecified atom stereocenters. The zero-order valence-electron chi connectivity index (χ0n) is 10.3. The van der Waals surface area contributed by atoms with Crippen molar-refractivity contribution in [3.05, 3.63) is 62.8 Å². The molecule has 0 bridgehead atoms. The smallest absolute Gasteiger partial charge is 0.305 e. The van der Waals surface area contributed by atoms with Crippen LogP contribution in [0, 0.1) is 15.9 Å². The quantitative estimate of drug-likeness (QED) is 0.672. The van der Waals surface area contributed by atoms with Crippen LogP contribution in [0.15, 0.2) is 36.4 Å². The molecule has 0 aliphatic carbocycles. The predicted octanol–water partition coefficient (Wildman–Crippen LogP) is 3.65. The van der Waals surface area contributed by atoms with Crippen LogP contribution in [-0.2, 0) is 6.54 Å². The van der Waals surface area contributed by atoms with E-state index in [-0.39, 0.29) is 16.9 Å². The zero-order valence-corrected chi connectivity index (χ0v) is 11.1. The molecule has 0 fully saturated rings. The fraction of sp³-hybridized carbons (Fsp3) is 0.231. The molecule has 2 aromatic rings. The van der Waals surface area contributed by atoms with Gasteiger partial charge in [0.15, 0.2) is 0 Å². The molecule has 0 saturated heterocycles. The van der Waals surface area contributed by atoms with E-state index in [4.69, 9.17) is 0 Å². The molecule has 0 amide bonds. The van der Waals surface area contributed by atoms with E-state index in [9.17, 15) is 14.5 Å². The first-order valence-corrected chi connectivity index (χ1v) is 6.60. The van der Waals surface area contributed by atoms with E-state index in [0.717, 1.165) is 21.8 Å². The molecular weight excluding hydrogens is 267 g/mol. The molecule has 1 aromatic heterocycles. The van der Waals surface area contributed by atoms with Gasteiger partial charge in [0.25, 0.3) is 0 Å². The maximum atomic E-state index is 13.1. The summed E-state index contributed by atoms with van der Waals surface area (Å²) in [7, 11) is 0. The summed E-state index contributed by atoms with van der Waals surface area (Å²) in [5.74, 6) is -0.266. The number of benzene rings is 1. The van der Waals surface area contributed by atoms with E-state index in [1.54, 1.807) is 12.1 Å². The van der Waals surface area contributed by atoms with E-state index >= 15 is 0 Å². The molecule has 0 radical (unpaired) electrons. The Morgan fingerprint density at radius 1 is 1.42 bits per heavy atom. The summed E-state index contributed by atoms with van der Waals surface area (Å²) >= 11 is 1.15. The van der Waals surface area contributed by atoms with Crippen LogP contribution in [0.1, 0.15) is 23.4 Å². The van der Waals surface area contributed by atoms with Gasteiger partial charge in [-0.05, 0) is 30.7 Å². The number of halogens is 1. The lowest BCUT2D eigenvalue weighted by molar-refractivity contribution is -0.380. The zero-order chi connectivity index (χ0) is 13.8. The van der Waals surface area contributed by atoms with Crippen LogP contribution >= 0.6 is 11.3 Å². The highest BCUT2D eigenvalue weighted by Gasteiger charge is 2.11. The Bertz CT molecular complexity index is 586. The lowest BCUT2D eigenvalue weighted by Gasteiger charge is -2.13. The Morgan fingerprint density at radius 3 is 2.84 bits per heavy atom. The highest BCUT2D eigenvalue weighted by atomic mass is 32.1. The van der Waals surface area contributed by atoms with Crippen LogP contribution in [0.3, 0.4) is 0 Å². The highest BCUT2D eigenvalue weighted by Crippen LogP contribution is 2.24. The number of rotatable bonds is 5. The van der Waals surface area contributed by atoms with Gasteiger partial charge in [-0.3, -0.25) is 10.1 Å². The third-order valence-corrected chi connectivity index (χ3v) is 3.80. The number of hydrogen-bond donors (Lipinski definition) is 1. The fourth-order valence-corrected chi connectivity index (χ4v) is 2.48. The number of thiophene rings is 1. The SMILES string of the molecule is C[C@@H](NCc1ccc([N+](=O)[O-])s1)c1cccc(F)c1. The summed E-state index contributed by atoms with van der Waals surface area (Å²) in [6, 6.07) is 9.60. The number of hydrogen-bond acceptors (Lipinski definition) is 4. The summed E-state index contributed by atoms with van der Waals surface area (Å²) in [5, 5.41) is 13.9. The van der Waals surface area contributed by atoms with Crippen molar-refractivity contribution in [3.63, 3.8) is 0 Å². The van der Waals surface area contributed by atoms with Gasteiger partial charge in [-0.15, -0.1) is 0 Å². The Kier molecular flexibility index (Phi) is 4.24. The normalized spacial score (nSPS) is 12.3. The van der Waals surface area contributed by atoms with Crippen LogP contribution in [0.25, 0.3) is 0 Å². The minimum atomic E-state index is -0.399. The third kappa shape index (κ3) is 3.59. The molecule has 4 nitrogen and oxygen atoms in total. The van der Waals surface area contributed by atoms with Gasteiger partial charge in [0.2, 0.25) is 0 Å². The molecule has 100 valence electrons. The summed E-state index contributed by atoms with van der Waals surface area (Å²) < 4.78 is 13.1. The van der Waals surface area contributed by atoms with Gasteiger partial charge < -0.3 is 5.32 Å². The lowest BCUT2D eigenvalue weighted by atomic mass is 10.1. The van der Waals surface area contributed by atoms with E-state index in [0.29, 0.717) is 6.54 Å². The average molecular weight is 280 g/mol. The van der Waals surface area contributed by atoms with Crippen molar-refractivity contribution in [1.29, 1.82) is 0 Å². The molecule has 1 atom stereocenters. The Hall–Kier alpha value is -1.79. The van der Waals surface area contributed by atoms with E-state index in [1.807, 2.05) is 13.0 Å². The lowest BCUT2D eigenvalue weighted by Crippen LogP contribution is -2.17. The minimum absolute atomic E-state index is 0.0168. The van der Waals surface area contributed by atoms with Gasteiger partial charge in [-0.2, -0.15) is 0 Å². The Labute approximate surface area is 114 Å². The van der Waals surface area contributed by atoms with Crippen molar-refractivity contribution in [1.82, 2.24) is 5.32 Å². The standard InChI is InChI=1S/C13H13FN2O2S/c1-9(10-3-2-4-11(14)7-10)15-8-12-5-6-13(19-12)16(17)18/h2-7,9,15H,8H2,1H3/t9-/m1/s1. The van der Waals surface area contributed by atoms with Crippen LogP contribution in [0.2, 0.25) is 0 Å². The first-order valence-electron chi connectivity index (χ1n) is 5.78. The summed E-state index contributed by atoms with van der Waals surface area (Å²) in [6.45, 7) is 2.45. The van der Waals surface area contributed by atoms with Gasteiger partial charge in [0.05, 0.1) is 4.92 Å². The summed E-state index contributed by atoms with van der Waals surface area (Å²) in [5.41, 5.74) is 0.853. The molecule has 6 heteroatoms. The number of nitrogens with zero attached hydrogens (tertiary/aromatic N) is 1. The molecular formula is C13H13FN2O2S. The van der Waals surface area contributed by atoms with Gasteiger partial charge >= 0.3 is 5.00 Å². The van der Waals surface area contributed by atoms with Crippen molar-refractivity contribution < 1.29 is 9.31 Å². The maximum absolute atomic E-state index is 13.1. The fourth-order valence-electron chi connectivity index (χ4n) is 1.71. The van der Waals surface area contributed by atoms with Crippen molar-refractivity contribution in [2.45, 2.75) is 19.5 Å². The summed E-state index contributed by atoms with van der Waals surface area (Å²) in [4.78, 5) is 11.1. The number of nitrogens with one attached hydrogen (secondary N) is 1. The second kappa shape index (κ2) is 5.90. The molecule has 0 saturated carbocycles. The second-order valence-electron chi connectivity index (χ2n) is 4.15. The molecule has 19 heavy (non-hydrogen) atoms. The summed E-state index contributed by atoms with van der Waals surface area (Å²) in [6.07, 6.45) is 0. The second-order valence-corrected chi connectivity index (χ2v) is 5.30. The largest absolute Gasteiger partial charge is 0.324 e. The van der Waals surface area contributed by atoms with Crippen molar-refractivity contribution in [2.75, 3.05) is 0 Å². The van der Waals surface area contributed by atoms with Crippen LogP contribution in [-0.4, -0.2) is 4.92 Å². The first kappa shape index (κ1) is 13.6. The predicted molar refractivity (Wildman–Crippen MR) is 72.6 cm³/mol. The first-order chi connectivity index (χ1) is 9.06. The molecule has 0 spiro atoms.